The second-order valence-electron chi connectivity index (χ2n) is 7.11. The van der Waals surface area contributed by atoms with E-state index < -0.39 is 0 Å². The van der Waals surface area contributed by atoms with Gasteiger partial charge in [0.1, 0.15) is 0 Å². The van der Waals surface area contributed by atoms with E-state index in [2.05, 4.69) is 34.3 Å². The van der Waals surface area contributed by atoms with Crippen LogP contribution in [0.5, 0.6) is 0 Å². The number of imidazole rings is 1. The predicted molar refractivity (Wildman–Crippen MR) is 109 cm³/mol. The molecular formula is C20H22Cl2N4O. The maximum Gasteiger partial charge on any atom is 0.156 e. The molecule has 1 saturated heterocycles. The van der Waals surface area contributed by atoms with Crippen LogP contribution in [0, 0.1) is 0 Å². The highest BCUT2D eigenvalue weighted by atomic mass is 35.5. The van der Waals surface area contributed by atoms with Gasteiger partial charge in [-0.3, -0.25) is 14.3 Å². The van der Waals surface area contributed by atoms with E-state index in [0.717, 1.165) is 61.1 Å². The summed E-state index contributed by atoms with van der Waals surface area (Å²) in [6, 6.07) is 5.55. The van der Waals surface area contributed by atoms with Gasteiger partial charge in [0, 0.05) is 36.4 Å². The summed E-state index contributed by atoms with van der Waals surface area (Å²) in [5, 5.41) is 1.22. The van der Waals surface area contributed by atoms with Crippen molar-refractivity contribution in [1.29, 1.82) is 0 Å². The average Bonchev–Trinajstić information content (AvgIpc) is 3.00. The van der Waals surface area contributed by atoms with Gasteiger partial charge in [0.05, 0.1) is 41.5 Å². The third-order valence-electron chi connectivity index (χ3n) is 4.88. The third-order valence-corrected chi connectivity index (χ3v) is 5.43. The summed E-state index contributed by atoms with van der Waals surface area (Å²) in [6.07, 6.45) is 3.93. The number of morpholine rings is 1. The minimum absolute atomic E-state index is 0.343. The zero-order valence-corrected chi connectivity index (χ0v) is 17.0. The van der Waals surface area contributed by atoms with Crippen LogP contribution in [-0.4, -0.2) is 45.6 Å². The molecule has 0 unspecified atom stereocenters. The number of aromatic nitrogens is 3. The molecule has 1 aromatic carbocycles. The Labute approximate surface area is 168 Å². The molecule has 0 aliphatic carbocycles. The lowest BCUT2D eigenvalue weighted by molar-refractivity contribution is 0.0336. The molecule has 0 spiro atoms. The highest BCUT2D eigenvalue weighted by Crippen LogP contribution is 2.33. The van der Waals surface area contributed by atoms with Gasteiger partial charge < -0.3 is 4.74 Å². The molecule has 3 aromatic rings. The van der Waals surface area contributed by atoms with E-state index in [0.29, 0.717) is 16.0 Å². The summed E-state index contributed by atoms with van der Waals surface area (Å²) in [7, 11) is 0. The highest BCUT2D eigenvalue weighted by molar-refractivity contribution is 6.36. The number of rotatable bonds is 4. The number of ether oxygens (including phenoxy) is 1. The molecule has 0 atom stereocenters. The summed E-state index contributed by atoms with van der Waals surface area (Å²) < 4.78 is 7.65. The first-order valence-corrected chi connectivity index (χ1v) is 9.91. The number of benzene rings is 1. The van der Waals surface area contributed by atoms with Gasteiger partial charge in [-0.2, -0.15) is 0 Å². The van der Waals surface area contributed by atoms with Gasteiger partial charge in [-0.25, -0.2) is 4.98 Å². The van der Waals surface area contributed by atoms with E-state index in [9.17, 15) is 0 Å². The van der Waals surface area contributed by atoms with Crippen LogP contribution < -0.4 is 0 Å². The summed E-state index contributed by atoms with van der Waals surface area (Å²) in [5.74, 6) is 0.343. The van der Waals surface area contributed by atoms with Crippen LogP contribution in [0.4, 0.5) is 0 Å². The molecular weight excluding hydrogens is 383 g/mol. The summed E-state index contributed by atoms with van der Waals surface area (Å²) in [6.45, 7) is 8.39. The lowest BCUT2D eigenvalue weighted by Gasteiger charge is -2.26. The molecule has 142 valence electrons. The fourth-order valence-corrected chi connectivity index (χ4v) is 3.83. The fourth-order valence-electron chi connectivity index (χ4n) is 3.34. The van der Waals surface area contributed by atoms with E-state index in [1.807, 2.05) is 18.3 Å². The van der Waals surface area contributed by atoms with E-state index in [1.165, 1.54) is 0 Å². The first-order valence-electron chi connectivity index (χ1n) is 9.15. The van der Waals surface area contributed by atoms with Crippen molar-refractivity contribution in [2.75, 3.05) is 26.3 Å². The number of nitrogens with zero attached hydrogens (tertiary/aromatic N) is 4. The maximum atomic E-state index is 6.51. The highest BCUT2D eigenvalue weighted by Gasteiger charge is 2.21. The van der Waals surface area contributed by atoms with Crippen molar-refractivity contribution in [3.63, 3.8) is 0 Å². The molecule has 0 bridgehead atoms. The predicted octanol–water partition coefficient (Wildman–Crippen LogP) is 4.66. The molecule has 27 heavy (non-hydrogen) atoms. The topological polar surface area (TPSA) is 42.7 Å². The van der Waals surface area contributed by atoms with Gasteiger partial charge in [0.2, 0.25) is 0 Å². The van der Waals surface area contributed by atoms with Gasteiger partial charge >= 0.3 is 0 Å². The Morgan fingerprint density at radius 1 is 1.19 bits per heavy atom. The minimum Gasteiger partial charge on any atom is -0.379 e. The largest absolute Gasteiger partial charge is 0.379 e. The number of fused-ring (bicyclic) bond motifs is 1. The quantitative estimate of drug-likeness (QED) is 0.633. The lowest BCUT2D eigenvalue weighted by Crippen LogP contribution is -2.36. The third kappa shape index (κ3) is 3.83. The Bertz CT molecular complexity index is 964. The molecule has 1 aliphatic rings. The maximum absolute atomic E-state index is 6.51. The molecule has 7 heteroatoms. The van der Waals surface area contributed by atoms with E-state index >= 15 is 0 Å². The van der Waals surface area contributed by atoms with Gasteiger partial charge in [0.15, 0.2) is 5.65 Å². The normalized spacial score (nSPS) is 15.7. The summed E-state index contributed by atoms with van der Waals surface area (Å²) in [4.78, 5) is 11.8. The number of hydrogen-bond donors (Lipinski definition) is 0. The summed E-state index contributed by atoms with van der Waals surface area (Å²) in [5.41, 5.74) is 4.74. The Balaban J connectivity index is 1.86. The fraction of sp³-hybridized carbons (Fsp3) is 0.400. The molecule has 0 saturated carbocycles. The van der Waals surface area contributed by atoms with Crippen molar-refractivity contribution in [1.82, 2.24) is 19.3 Å². The van der Waals surface area contributed by atoms with Gasteiger partial charge in [-0.1, -0.05) is 37.0 Å². The van der Waals surface area contributed by atoms with Crippen LogP contribution in [0.1, 0.15) is 31.2 Å². The number of halogens is 2. The van der Waals surface area contributed by atoms with Crippen LogP contribution in [0.2, 0.25) is 10.0 Å². The van der Waals surface area contributed by atoms with Gasteiger partial charge in [-0.05, 0) is 24.1 Å². The van der Waals surface area contributed by atoms with Gasteiger partial charge in [-0.15, -0.1) is 0 Å². The molecule has 0 N–H and O–H groups in total. The Morgan fingerprint density at radius 3 is 2.67 bits per heavy atom. The average molecular weight is 405 g/mol. The summed E-state index contributed by atoms with van der Waals surface area (Å²) >= 11 is 12.6. The molecule has 0 amide bonds. The molecule has 4 rings (SSSR count). The molecule has 2 aromatic heterocycles. The zero-order chi connectivity index (χ0) is 19.0. The first-order chi connectivity index (χ1) is 13.0. The van der Waals surface area contributed by atoms with Crippen molar-refractivity contribution < 1.29 is 4.74 Å². The van der Waals surface area contributed by atoms with Crippen LogP contribution in [0.25, 0.3) is 16.9 Å². The van der Waals surface area contributed by atoms with Crippen molar-refractivity contribution in [2.45, 2.75) is 26.3 Å². The van der Waals surface area contributed by atoms with Crippen LogP contribution >= 0.6 is 23.2 Å². The monoisotopic (exact) mass is 404 g/mol. The molecule has 3 heterocycles. The van der Waals surface area contributed by atoms with E-state index in [4.69, 9.17) is 32.9 Å². The standard InChI is InChI=1S/C20H22Cl2N4O/c1-13(2)17-11-26-18(12-25-5-7-27-8-6-25)20(24-19(26)10-23-17)15-4-3-14(21)9-16(15)22/h3-4,9-11,13H,5-8,12H2,1-2H3. The van der Waals surface area contributed by atoms with Crippen molar-refractivity contribution in [3.05, 3.63) is 52.0 Å². The SMILES string of the molecule is CC(C)c1cn2c(CN3CCOCC3)c(-c3ccc(Cl)cc3Cl)nc2cn1. The van der Waals surface area contributed by atoms with E-state index in [1.54, 1.807) is 6.07 Å². The molecule has 5 nitrogen and oxygen atoms in total. The van der Waals surface area contributed by atoms with Crippen molar-refractivity contribution >= 4 is 28.8 Å². The van der Waals surface area contributed by atoms with Crippen LogP contribution in [-0.2, 0) is 11.3 Å². The first kappa shape index (κ1) is 18.7. The second-order valence-corrected chi connectivity index (χ2v) is 7.96. The molecule has 1 fully saturated rings. The van der Waals surface area contributed by atoms with Crippen LogP contribution in [0.15, 0.2) is 30.6 Å². The van der Waals surface area contributed by atoms with E-state index in [-0.39, 0.29) is 0 Å². The molecule has 1 aliphatic heterocycles. The Morgan fingerprint density at radius 2 is 1.96 bits per heavy atom. The zero-order valence-electron chi connectivity index (χ0n) is 15.5. The smallest absolute Gasteiger partial charge is 0.156 e. The lowest BCUT2D eigenvalue weighted by atomic mass is 10.1. The molecule has 0 radical (unpaired) electrons. The minimum atomic E-state index is 0.343. The Hall–Kier alpha value is -1.66. The Kier molecular flexibility index (Phi) is 5.37. The van der Waals surface area contributed by atoms with Crippen molar-refractivity contribution in [3.8, 4) is 11.3 Å². The van der Waals surface area contributed by atoms with Crippen molar-refractivity contribution in [2.24, 2.45) is 0 Å². The van der Waals surface area contributed by atoms with Crippen LogP contribution in [0.3, 0.4) is 0 Å². The van der Waals surface area contributed by atoms with Gasteiger partial charge in [0.25, 0.3) is 0 Å². The second kappa shape index (κ2) is 7.76. The number of hydrogen-bond acceptors (Lipinski definition) is 4.